The molecule has 0 saturated heterocycles. The third-order valence-electron chi connectivity index (χ3n) is 3.17. The predicted octanol–water partition coefficient (Wildman–Crippen LogP) is 2.04. The Hall–Kier alpha value is -0.920. The molecule has 0 amide bonds. The smallest absolute Gasteiger partial charge is 0.160 e. The average molecular weight is 178 g/mol. The number of carbonyl (C=O) groups is 2. The maximum atomic E-state index is 11.6. The molecule has 0 fully saturated rings. The van der Waals surface area contributed by atoms with Crippen LogP contribution in [0.1, 0.15) is 39.5 Å². The first-order valence-electron chi connectivity index (χ1n) is 4.82. The van der Waals surface area contributed by atoms with Gasteiger partial charge in [0.2, 0.25) is 0 Å². The number of Topliss-reactive ketones (excluding diaryl/α,β-unsaturated/α-hetero) is 2. The van der Waals surface area contributed by atoms with Crippen LogP contribution in [0.4, 0.5) is 0 Å². The molecule has 13 heavy (non-hydrogen) atoms. The summed E-state index contributed by atoms with van der Waals surface area (Å²) in [5.74, 6) is 0.410. The highest BCUT2D eigenvalue weighted by molar-refractivity contribution is 6.11. The minimum Gasteiger partial charge on any atom is -0.295 e. The summed E-state index contributed by atoms with van der Waals surface area (Å²) in [6.45, 7) is 4.13. The van der Waals surface area contributed by atoms with Gasteiger partial charge in [0.1, 0.15) is 0 Å². The van der Waals surface area contributed by atoms with Crippen molar-refractivity contribution >= 4 is 11.6 Å². The summed E-state index contributed by atoms with van der Waals surface area (Å²) in [6, 6.07) is 0. The molecule has 0 spiro atoms. The van der Waals surface area contributed by atoms with E-state index in [0.29, 0.717) is 19.3 Å². The first-order valence-corrected chi connectivity index (χ1v) is 4.82. The summed E-state index contributed by atoms with van der Waals surface area (Å²) in [6.07, 6.45) is 2.70. The van der Waals surface area contributed by atoms with Gasteiger partial charge in [-0.25, -0.2) is 0 Å². The topological polar surface area (TPSA) is 34.1 Å². The molecular formula is C11H14O2. The van der Waals surface area contributed by atoms with Gasteiger partial charge in [-0.3, -0.25) is 9.59 Å². The van der Waals surface area contributed by atoms with Crippen LogP contribution in [0.15, 0.2) is 11.1 Å². The molecule has 0 aromatic carbocycles. The summed E-state index contributed by atoms with van der Waals surface area (Å²) in [7, 11) is 0. The second kappa shape index (κ2) is 2.53. The molecule has 0 bridgehead atoms. The summed E-state index contributed by atoms with van der Waals surface area (Å²) >= 11 is 0. The Kier molecular flexibility index (Phi) is 1.69. The molecule has 0 unspecified atom stereocenters. The zero-order valence-electron chi connectivity index (χ0n) is 8.14. The van der Waals surface area contributed by atoms with Crippen molar-refractivity contribution in [2.45, 2.75) is 39.5 Å². The van der Waals surface area contributed by atoms with E-state index in [9.17, 15) is 9.59 Å². The Morgan fingerprint density at radius 3 is 2.31 bits per heavy atom. The van der Waals surface area contributed by atoms with Gasteiger partial charge in [0, 0.05) is 24.0 Å². The highest BCUT2D eigenvalue weighted by Crippen LogP contribution is 2.44. The first kappa shape index (κ1) is 8.67. The summed E-state index contributed by atoms with van der Waals surface area (Å²) < 4.78 is 0. The van der Waals surface area contributed by atoms with E-state index in [4.69, 9.17) is 0 Å². The van der Waals surface area contributed by atoms with E-state index < -0.39 is 0 Å². The molecule has 2 aliphatic rings. The minimum atomic E-state index is -0.0587. The van der Waals surface area contributed by atoms with Crippen molar-refractivity contribution in [2.75, 3.05) is 0 Å². The van der Waals surface area contributed by atoms with Crippen LogP contribution in [0, 0.1) is 5.41 Å². The van der Waals surface area contributed by atoms with Crippen LogP contribution < -0.4 is 0 Å². The average Bonchev–Trinajstić information content (AvgIpc) is 2.42. The van der Waals surface area contributed by atoms with Crippen LogP contribution in [0.5, 0.6) is 0 Å². The first-order chi connectivity index (χ1) is 6.02. The van der Waals surface area contributed by atoms with Crippen LogP contribution in [0.2, 0.25) is 0 Å². The summed E-state index contributed by atoms with van der Waals surface area (Å²) in [4.78, 5) is 23.1. The van der Waals surface area contributed by atoms with Crippen molar-refractivity contribution in [1.29, 1.82) is 0 Å². The Balaban J connectivity index is 2.53. The molecule has 0 aromatic rings. The predicted molar refractivity (Wildman–Crippen MR) is 49.3 cm³/mol. The third kappa shape index (κ3) is 1.16. The second-order valence-corrected chi connectivity index (χ2v) is 4.58. The fourth-order valence-electron chi connectivity index (χ4n) is 2.42. The zero-order chi connectivity index (χ0) is 9.64. The van der Waals surface area contributed by atoms with Crippen molar-refractivity contribution in [3.8, 4) is 0 Å². The normalized spacial score (nSPS) is 26.6. The molecule has 2 nitrogen and oxygen atoms in total. The number of hydrogen-bond acceptors (Lipinski definition) is 2. The molecule has 2 rings (SSSR count). The fraction of sp³-hybridized carbons (Fsp3) is 0.636. The van der Waals surface area contributed by atoms with Gasteiger partial charge >= 0.3 is 0 Å². The van der Waals surface area contributed by atoms with Crippen molar-refractivity contribution in [3.05, 3.63) is 11.1 Å². The van der Waals surface area contributed by atoms with E-state index in [1.807, 2.05) is 0 Å². The van der Waals surface area contributed by atoms with Crippen molar-refractivity contribution in [1.82, 2.24) is 0 Å². The number of carbonyl (C=O) groups excluding carboxylic acids is 2. The fourth-order valence-corrected chi connectivity index (χ4v) is 2.42. The molecule has 0 saturated carbocycles. The minimum absolute atomic E-state index is 0.0587. The van der Waals surface area contributed by atoms with E-state index in [1.54, 1.807) is 0 Å². The van der Waals surface area contributed by atoms with E-state index >= 15 is 0 Å². The number of allylic oxidation sites excluding steroid dienone is 2. The largest absolute Gasteiger partial charge is 0.295 e. The zero-order valence-corrected chi connectivity index (χ0v) is 8.14. The van der Waals surface area contributed by atoms with Gasteiger partial charge < -0.3 is 0 Å². The van der Waals surface area contributed by atoms with Gasteiger partial charge in [-0.2, -0.15) is 0 Å². The van der Waals surface area contributed by atoms with Crippen molar-refractivity contribution < 1.29 is 9.59 Å². The summed E-state index contributed by atoms with van der Waals surface area (Å²) in [5.41, 5.74) is 1.61. The molecule has 0 aliphatic heterocycles. The number of rotatable bonds is 0. The number of ketones is 2. The van der Waals surface area contributed by atoms with Crippen molar-refractivity contribution in [3.63, 3.8) is 0 Å². The van der Waals surface area contributed by atoms with Gasteiger partial charge in [0.15, 0.2) is 11.6 Å². The maximum absolute atomic E-state index is 11.6. The van der Waals surface area contributed by atoms with Crippen LogP contribution in [0.3, 0.4) is 0 Å². The lowest BCUT2D eigenvalue weighted by Gasteiger charge is -2.30. The molecule has 0 aromatic heterocycles. The quantitative estimate of drug-likeness (QED) is 0.568. The van der Waals surface area contributed by atoms with E-state index in [1.165, 1.54) is 0 Å². The molecule has 70 valence electrons. The van der Waals surface area contributed by atoms with Gasteiger partial charge in [-0.05, 0) is 18.3 Å². The van der Waals surface area contributed by atoms with Crippen LogP contribution in [-0.2, 0) is 9.59 Å². The SMILES string of the molecule is CC1(C)CCC(=O)C2=C1C(=O)CC2. The number of hydrogen-bond donors (Lipinski definition) is 0. The lowest BCUT2D eigenvalue weighted by molar-refractivity contribution is -0.118. The van der Waals surface area contributed by atoms with Crippen molar-refractivity contribution in [2.24, 2.45) is 5.41 Å². The summed E-state index contributed by atoms with van der Waals surface area (Å²) in [5, 5.41) is 0. The Bertz CT molecular complexity index is 321. The molecule has 0 N–H and O–H groups in total. The highest BCUT2D eigenvalue weighted by Gasteiger charge is 2.40. The molecule has 0 atom stereocenters. The van der Waals surface area contributed by atoms with Gasteiger partial charge in [-0.15, -0.1) is 0 Å². The lowest BCUT2D eigenvalue weighted by Crippen LogP contribution is -2.26. The van der Waals surface area contributed by atoms with Crippen LogP contribution in [-0.4, -0.2) is 11.6 Å². The molecule has 0 radical (unpaired) electrons. The molecule has 0 heterocycles. The Labute approximate surface area is 78.0 Å². The standard InChI is InChI=1S/C11H14O2/c1-11(2)6-5-8(12)7-3-4-9(13)10(7)11/h3-6H2,1-2H3. The highest BCUT2D eigenvalue weighted by atomic mass is 16.1. The van der Waals surface area contributed by atoms with Gasteiger partial charge in [0.25, 0.3) is 0 Å². The Morgan fingerprint density at radius 1 is 1.00 bits per heavy atom. The monoisotopic (exact) mass is 178 g/mol. The molecule has 2 heteroatoms. The third-order valence-corrected chi connectivity index (χ3v) is 3.17. The lowest BCUT2D eigenvalue weighted by atomic mass is 9.73. The van der Waals surface area contributed by atoms with Gasteiger partial charge in [-0.1, -0.05) is 13.8 Å². The Morgan fingerprint density at radius 2 is 1.69 bits per heavy atom. The van der Waals surface area contributed by atoms with E-state index in [2.05, 4.69) is 13.8 Å². The van der Waals surface area contributed by atoms with E-state index in [-0.39, 0.29) is 17.0 Å². The van der Waals surface area contributed by atoms with E-state index in [0.717, 1.165) is 17.6 Å². The van der Waals surface area contributed by atoms with Crippen LogP contribution in [0.25, 0.3) is 0 Å². The molecule has 2 aliphatic carbocycles. The maximum Gasteiger partial charge on any atom is 0.160 e. The van der Waals surface area contributed by atoms with Crippen LogP contribution >= 0.6 is 0 Å². The molecular weight excluding hydrogens is 164 g/mol. The second-order valence-electron chi connectivity index (χ2n) is 4.58. The van der Waals surface area contributed by atoms with Gasteiger partial charge in [0.05, 0.1) is 0 Å².